The molecule has 1 rings (SSSR count). The van der Waals surface area contributed by atoms with Gasteiger partial charge in [0.2, 0.25) is 0 Å². The highest BCUT2D eigenvalue weighted by Gasteiger charge is 2.35. The maximum absolute atomic E-state index is 12.3. The topological polar surface area (TPSA) is 69.6 Å². The fraction of sp³-hybridized carbons (Fsp3) is 0.600. The Bertz CT molecular complexity index is 379. The van der Waals surface area contributed by atoms with Crippen LogP contribution < -0.4 is 5.32 Å². The van der Waals surface area contributed by atoms with Gasteiger partial charge in [0.15, 0.2) is 0 Å². The van der Waals surface area contributed by atoms with E-state index in [0.29, 0.717) is 0 Å². The van der Waals surface area contributed by atoms with Crippen LogP contribution in [0, 0.1) is 0 Å². The fourth-order valence-corrected chi connectivity index (χ4v) is 1.45. The van der Waals surface area contributed by atoms with Crippen molar-refractivity contribution >= 4 is 12.0 Å². The number of carbonyl (C=O) groups is 2. The van der Waals surface area contributed by atoms with Gasteiger partial charge in [0.25, 0.3) is 0 Å². The van der Waals surface area contributed by atoms with Gasteiger partial charge in [-0.3, -0.25) is 4.79 Å². The first kappa shape index (κ1) is 14.3. The van der Waals surface area contributed by atoms with Gasteiger partial charge in [-0.05, 0) is 13.3 Å². The van der Waals surface area contributed by atoms with Crippen LogP contribution in [-0.4, -0.2) is 47.3 Å². The molecule has 1 atom stereocenters. The summed E-state index contributed by atoms with van der Waals surface area (Å²) in [7, 11) is 0. The SMILES string of the molecule is C[C@@H](NC(=O)N1CC=C(C(F)(F)F)CC1)C(=O)O. The molecule has 8 heteroatoms. The van der Waals surface area contributed by atoms with Crippen molar-refractivity contribution in [2.45, 2.75) is 25.6 Å². The maximum atomic E-state index is 12.3. The Morgan fingerprint density at radius 2 is 2.11 bits per heavy atom. The number of carboxylic acid groups (broad SMARTS) is 1. The van der Waals surface area contributed by atoms with Crippen LogP contribution >= 0.6 is 0 Å². The molecule has 0 unspecified atom stereocenters. The molecule has 2 amide bonds. The number of alkyl halides is 3. The average Bonchev–Trinajstić information content (AvgIpc) is 2.27. The molecule has 0 fully saturated rings. The van der Waals surface area contributed by atoms with Crippen molar-refractivity contribution in [2.75, 3.05) is 13.1 Å². The summed E-state index contributed by atoms with van der Waals surface area (Å²) in [6, 6.07) is -1.76. The number of hydrogen-bond acceptors (Lipinski definition) is 2. The first-order valence-electron chi connectivity index (χ1n) is 5.26. The molecule has 0 aromatic carbocycles. The summed E-state index contributed by atoms with van der Waals surface area (Å²) in [5.41, 5.74) is -0.655. The Morgan fingerprint density at radius 1 is 1.50 bits per heavy atom. The highest BCUT2D eigenvalue weighted by Crippen LogP contribution is 2.29. The molecule has 1 aliphatic rings. The smallest absolute Gasteiger partial charge is 0.412 e. The summed E-state index contributed by atoms with van der Waals surface area (Å²) in [6.45, 7) is 1.03. The van der Waals surface area contributed by atoms with E-state index in [9.17, 15) is 22.8 Å². The minimum Gasteiger partial charge on any atom is -0.480 e. The summed E-state index contributed by atoms with van der Waals surface area (Å²) in [5, 5.41) is 10.8. The Morgan fingerprint density at radius 3 is 2.50 bits per heavy atom. The lowest BCUT2D eigenvalue weighted by molar-refractivity contribution is -0.138. The molecular weight excluding hydrogens is 253 g/mol. The predicted octanol–water partition coefficient (Wildman–Crippen LogP) is 1.36. The molecule has 0 radical (unpaired) electrons. The Labute approximate surface area is 101 Å². The van der Waals surface area contributed by atoms with Crippen LogP contribution in [-0.2, 0) is 4.79 Å². The van der Waals surface area contributed by atoms with Crippen molar-refractivity contribution < 1.29 is 27.9 Å². The number of carboxylic acids is 1. The van der Waals surface area contributed by atoms with Crippen molar-refractivity contribution in [3.63, 3.8) is 0 Å². The van der Waals surface area contributed by atoms with E-state index in [0.717, 1.165) is 11.0 Å². The van der Waals surface area contributed by atoms with Gasteiger partial charge < -0.3 is 15.3 Å². The van der Waals surface area contributed by atoms with E-state index in [-0.39, 0.29) is 19.5 Å². The first-order valence-corrected chi connectivity index (χ1v) is 5.26. The molecule has 0 aromatic rings. The van der Waals surface area contributed by atoms with Crippen LogP contribution in [0.1, 0.15) is 13.3 Å². The summed E-state index contributed by atoms with van der Waals surface area (Å²) < 4.78 is 37.0. The quantitative estimate of drug-likeness (QED) is 0.741. The van der Waals surface area contributed by atoms with Crippen LogP contribution in [0.15, 0.2) is 11.6 Å². The third kappa shape index (κ3) is 3.64. The molecule has 5 nitrogen and oxygen atoms in total. The van der Waals surface area contributed by atoms with E-state index in [4.69, 9.17) is 5.11 Å². The highest BCUT2D eigenvalue weighted by atomic mass is 19.4. The zero-order valence-corrected chi connectivity index (χ0v) is 9.62. The summed E-state index contributed by atoms with van der Waals surface area (Å²) in [4.78, 5) is 23.2. The van der Waals surface area contributed by atoms with Crippen LogP contribution in [0.4, 0.5) is 18.0 Å². The van der Waals surface area contributed by atoms with Gasteiger partial charge in [0, 0.05) is 18.7 Å². The van der Waals surface area contributed by atoms with Gasteiger partial charge in [-0.15, -0.1) is 0 Å². The maximum Gasteiger partial charge on any atom is 0.412 e. The summed E-state index contributed by atoms with van der Waals surface area (Å²) in [6.07, 6.45) is -3.70. The molecule has 1 heterocycles. The number of hydrogen-bond donors (Lipinski definition) is 2. The second-order valence-electron chi connectivity index (χ2n) is 3.93. The van der Waals surface area contributed by atoms with Crippen molar-refractivity contribution in [1.82, 2.24) is 10.2 Å². The lowest BCUT2D eigenvalue weighted by atomic mass is 10.1. The lowest BCUT2D eigenvalue weighted by Crippen LogP contribution is -2.48. The minimum absolute atomic E-state index is 0.0798. The monoisotopic (exact) mass is 266 g/mol. The van der Waals surface area contributed by atoms with Gasteiger partial charge >= 0.3 is 18.2 Å². The van der Waals surface area contributed by atoms with E-state index < -0.39 is 29.8 Å². The third-order valence-corrected chi connectivity index (χ3v) is 2.57. The first-order chi connectivity index (χ1) is 8.21. The zero-order chi connectivity index (χ0) is 13.9. The zero-order valence-electron chi connectivity index (χ0n) is 9.62. The normalized spacial score (nSPS) is 18.0. The average molecular weight is 266 g/mol. The number of aliphatic carboxylic acids is 1. The molecule has 0 saturated heterocycles. The van der Waals surface area contributed by atoms with Gasteiger partial charge in [0.1, 0.15) is 6.04 Å². The molecule has 0 bridgehead atoms. The van der Waals surface area contributed by atoms with E-state index >= 15 is 0 Å². The van der Waals surface area contributed by atoms with Crippen molar-refractivity contribution in [2.24, 2.45) is 0 Å². The second-order valence-corrected chi connectivity index (χ2v) is 3.93. The summed E-state index contributed by atoms with van der Waals surface area (Å²) in [5.74, 6) is -1.20. The number of carbonyl (C=O) groups excluding carboxylic acids is 1. The van der Waals surface area contributed by atoms with Crippen molar-refractivity contribution in [1.29, 1.82) is 0 Å². The second kappa shape index (κ2) is 5.28. The molecule has 18 heavy (non-hydrogen) atoms. The van der Waals surface area contributed by atoms with Crippen LogP contribution in [0.25, 0.3) is 0 Å². The molecule has 1 aliphatic heterocycles. The molecule has 0 aromatic heterocycles. The number of urea groups is 1. The predicted molar refractivity (Wildman–Crippen MR) is 56.0 cm³/mol. The van der Waals surface area contributed by atoms with Crippen molar-refractivity contribution in [3.05, 3.63) is 11.6 Å². The number of amides is 2. The fourth-order valence-electron chi connectivity index (χ4n) is 1.45. The van der Waals surface area contributed by atoms with E-state index in [2.05, 4.69) is 5.32 Å². The Kier molecular flexibility index (Phi) is 4.20. The molecule has 2 N–H and O–H groups in total. The van der Waals surface area contributed by atoms with Crippen LogP contribution in [0.2, 0.25) is 0 Å². The third-order valence-electron chi connectivity index (χ3n) is 2.57. The summed E-state index contributed by atoms with van der Waals surface area (Å²) >= 11 is 0. The molecule has 0 spiro atoms. The van der Waals surface area contributed by atoms with Gasteiger partial charge in [0.05, 0.1) is 0 Å². The van der Waals surface area contributed by atoms with E-state index in [1.54, 1.807) is 0 Å². The number of nitrogens with one attached hydrogen (secondary N) is 1. The van der Waals surface area contributed by atoms with Gasteiger partial charge in [-0.25, -0.2) is 4.79 Å². The van der Waals surface area contributed by atoms with Crippen LogP contribution in [0.3, 0.4) is 0 Å². The van der Waals surface area contributed by atoms with Gasteiger partial charge in [-0.1, -0.05) is 6.08 Å². The number of nitrogens with zero attached hydrogens (tertiary/aromatic N) is 1. The molecule has 102 valence electrons. The highest BCUT2D eigenvalue weighted by molar-refractivity contribution is 5.82. The van der Waals surface area contributed by atoms with Gasteiger partial charge in [-0.2, -0.15) is 13.2 Å². The number of halogens is 3. The van der Waals surface area contributed by atoms with Crippen molar-refractivity contribution in [3.8, 4) is 0 Å². The van der Waals surface area contributed by atoms with Crippen LogP contribution in [0.5, 0.6) is 0 Å². The lowest BCUT2D eigenvalue weighted by Gasteiger charge is -2.28. The standard InChI is InChI=1S/C10H13F3N2O3/c1-6(8(16)17)14-9(18)15-4-2-7(3-5-15)10(11,12)13/h2,6H,3-5H2,1H3,(H,14,18)(H,16,17)/t6-/m1/s1. The molecule has 0 aliphatic carbocycles. The Balaban J connectivity index is 2.55. The number of rotatable bonds is 2. The Hall–Kier alpha value is -1.73. The molecular formula is C10H13F3N2O3. The van der Waals surface area contributed by atoms with E-state index in [1.807, 2.05) is 0 Å². The largest absolute Gasteiger partial charge is 0.480 e. The van der Waals surface area contributed by atoms with E-state index in [1.165, 1.54) is 6.92 Å². The molecule has 0 saturated carbocycles. The minimum atomic E-state index is -4.36.